The van der Waals surface area contributed by atoms with Gasteiger partial charge in [-0.1, -0.05) is 13.8 Å². The first-order valence-electron chi connectivity index (χ1n) is 5.02. The summed E-state index contributed by atoms with van der Waals surface area (Å²) >= 11 is 0. The van der Waals surface area contributed by atoms with Crippen molar-refractivity contribution in [3.8, 4) is 5.88 Å². The second-order valence-electron chi connectivity index (χ2n) is 3.84. The fourth-order valence-corrected chi connectivity index (χ4v) is 1.09. The molecule has 0 saturated carbocycles. The SMILES string of the molecule is CC(C)CCOc1ncc(F)cc1C(=O)O. The summed E-state index contributed by atoms with van der Waals surface area (Å²) in [7, 11) is 0. The number of carbonyl (C=O) groups is 1. The Bertz CT molecular complexity index is 379. The Morgan fingerprint density at radius 2 is 2.31 bits per heavy atom. The van der Waals surface area contributed by atoms with Gasteiger partial charge in [0.2, 0.25) is 5.88 Å². The van der Waals surface area contributed by atoms with Crippen molar-refractivity contribution >= 4 is 5.97 Å². The molecule has 4 nitrogen and oxygen atoms in total. The van der Waals surface area contributed by atoms with Gasteiger partial charge in [-0.05, 0) is 18.4 Å². The van der Waals surface area contributed by atoms with Crippen molar-refractivity contribution in [2.45, 2.75) is 20.3 Å². The lowest BCUT2D eigenvalue weighted by Crippen LogP contribution is -2.08. The summed E-state index contributed by atoms with van der Waals surface area (Å²) in [6.45, 7) is 4.43. The monoisotopic (exact) mass is 227 g/mol. The van der Waals surface area contributed by atoms with Gasteiger partial charge in [0.15, 0.2) is 0 Å². The first kappa shape index (κ1) is 12.4. The first-order chi connectivity index (χ1) is 7.50. The normalized spacial score (nSPS) is 10.5. The molecule has 0 fully saturated rings. The Hall–Kier alpha value is -1.65. The van der Waals surface area contributed by atoms with Crippen LogP contribution in [-0.2, 0) is 0 Å². The van der Waals surface area contributed by atoms with Crippen LogP contribution in [0.15, 0.2) is 12.3 Å². The van der Waals surface area contributed by atoms with Crippen LogP contribution in [0.25, 0.3) is 0 Å². The van der Waals surface area contributed by atoms with E-state index in [4.69, 9.17) is 9.84 Å². The number of carboxylic acid groups (broad SMARTS) is 1. The maximum atomic E-state index is 12.8. The highest BCUT2D eigenvalue weighted by Gasteiger charge is 2.14. The molecule has 1 heterocycles. The summed E-state index contributed by atoms with van der Waals surface area (Å²) in [5, 5.41) is 8.81. The van der Waals surface area contributed by atoms with Crippen LogP contribution in [0.4, 0.5) is 4.39 Å². The molecule has 1 aromatic heterocycles. The van der Waals surface area contributed by atoms with Crippen molar-refractivity contribution in [3.05, 3.63) is 23.6 Å². The van der Waals surface area contributed by atoms with Crippen LogP contribution < -0.4 is 4.74 Å². The largest absolute Gasteiger partial charge is 0.477 e. The molecule has 0 unspecified atom stereocenters. The third kappa shape index (κ3) is 3.49. The van der Waals surface area contributed by atoms with Crippen molar-refractivity contribution in [2.75, 3.05) is 6.61 Å². The number of ether oxygens (including phenoxy) is 1. The fourth-order valence-electron chi connectivity index (χ4n) is 1.09. The molecule has 5 heteroatoms. The summed E-state index contributed by atoms with van der Waals surface area (Å²) < 4.78 is 18.0. The van der Waals surface area contributed by atoms with E-state index in [1.165, 1.54) is 0 Å². The van der Waals surface area contributed by atoms with E-state index in [0.29, 0.717) is 12.5 Å². The molecule has 0 aromatic carbocycles. The Morgan fingerprint density at radius 3 is 2.88 bits per heavy atom. The zero-order valence-electron chi connectivity index (χ0n) is 9.24. The molecule has 1 N–H and O–H groups in total. The van der Waals surface area contributed by atoms with Crippen LogP contribution in [0, 0.1) is 11.7 Å². The molecule has 0 aliphatic carbocycles. The second kappa shape index (κ2) is 5.44. The summed E-state index contributed by atoms with van der Waals surface area (Å²) in [5.41, 5.74) is -0.247. The molecular formula is C11H14FNO3. The van der Waals surface area contributed by atoms with Crippen molar-refractivity contribution in [2.24, 2.45) is 5.92 Å². The lowest BCUT2D eigenvalue weighted by atomic mass is 10.1. The molecule has 88 valence electrons. The second-order valence-corrected chi connectivity index (χ2v) is 3.84. The number of rotatable bonds is 5. The fraction of sp³-hybridized carbons (Fsp3) is 0.455. The van der Waals surface area contributed by atoms with E-state index in [1.54, 1.807) is 0 Å². The molecule has 0 radical (unpaired) electrons. The minimum absolute atomic E-state index is 0.0328. The van der Waals surface area contributed by atoms with Gasteiger partial charge in [0.05, 0.1) is 12.8 Å². The number of hydrogen-bond donors (Lipinski definition) is 1. The number of hydrogen-bond acceptors (Lipinski definition) is 3. The summed E-state index contributed by atoms with van der Waals surface area (Å²) in [6, 6.07) is 0.903. The highest BCUT2D eigenvalue weighted by molar-refractivity contribution is 5.90. The van der Waals surface area contributed by atoms with Gasteiger partial charge >= 0.3 is 5.97 Å². The molecule has 0 spiro atoms. The van der Waals surface area contributed by atoms with Gasteiger partial charge in [-0.25, -0.2) is 14.2 Å². The van der Waals surface area contributed by atoms with Crippen LogP contribution in [-0.4, -0.2) is 22.7 Å². The van der Waals surface area contributed by atoms with Gasteiger partial charge in [-0.3, -0.25) is 0 Å². The van der Waals surface area contributed by atoms with E-state index in [0.717, 1.165) is 18.7 Å². The number of nitrogens with zero attached hydrogens (tertiary/aromatic N) is 1. The van der Waals surface area contributed by atoms with Crippen LogP contribution in [0.5, 0.6) is 5.88 Å². The molecule has 0 atom stereocenters. The van der Waals surface area contributed by atoms with Crippen LogP contribution in [0.3, 0.4) is 0 Å². The molecule has 16 heavy (non-hydrogen) atoms. The van der Waals surface area contributed by atoms with E-state index in [-0.39, 0.29) is 11.4 Å². The van der Waals surface area contributed by atoms with Gasteiger partial charge in [0.25, 0.3) is 0 Å². The summed E-state index contributed by atoms with van der Waals surface area (Å²) in [5.74, 6) is -1.51. The number of halogens is 1. The van der Waals surface area contributed by atoms with Crippen molar-refractivity contribution < 1.29 is 19.0 Å². The van der Waals surface area contributed by atoms with Crippen LogP contribution >= 0.6 is 0 Å². The zero-order chi connectivity index (χ0) is 12.1. The minimum atomic E-state index is -1.24. The maximum absolute atomic E-state index is 12.8. The van der Waals surface area contributed by atoms with E-state index >= 15 is 0 Å². The summed E-state index contributed by atoms with van der Waals surface area (Å²) in [4.78, 5) is 14.4. The lowest BCUT2D eigenvalue weighted by Gasteiger charge is -2.09. The summed E-state index contributed by atoms with van der Waals surface area (Å²) in [6.07, 6.45) is 1.73. The van der Waals surface area contributed by atoms with E-state index in [1.807, 2.05) is 13.8 Å². The van der Waals surface area contributed by atoms with E-state index < -0.39 is 11.8 Å². The molecule has 1 aromatic rings. The Balaban J connectivity index is 2.75. The molecule has 0 aliphatic heterocycles. The number of aromatic carboxylic acids is 1. The van der Waals surface area contributed by atoms with Crippen molar-refractivity contribution in [1.29, 1.82) is 0 Å². The third-order valence-electron chi connectivity index (χ3n) is 1.98. The lowest BCUT2D eigenvalue weighted by molar-refractivity contribution is 0.0690. The molecule has 0 amide bonds. The van der Waals surface area contributed by atoms with Crippen molar-refractivity contribution in [3.63, 3.8) is 0 Å². The standard InChI is InChI=1S/C11H14FNO3/c1-7(2)3-4-16-10-9(11(14)15)5-8(12)6-13-10/h5-7H,3-4H2,1-2H3,(H,14,15). The highest BCUT2D eigenvalue weighted by atomic mass is 19.1. The third-order valence-corrected chi connectivity index (χ3v) is 1.98. The molecule has 1 rings (SSSR count). The number of aromatic nitrogens is 1. The predicted octanol–water partition coefficient (Wildman–Crippen LogP) is 2.34. The maximum Gasteiger partial charge on any atom is 0.341 e. The molecular weight excluding hydrogens is 213 g/mol. The van der Waals surface area contributed by atoms with Crippen LogP contribution in [0.1, 0.15) is 30.6 Å². The quantitative estimate of drug-likeness (QED) is 0.838. The average Bonchev–Trinajstić information content (AvgIpc) is 2.19. The van der Waals surface area contributed by atoms with E-state index in [2.05, 4.69) is 4.98 Å². The van der Waals surface area contributed by atoms with Gasteiger partial charge in [-0.2, -0.15) is 0 Å². The number of pyridine rings is 1. The Labute approximate surface area is 93.1 Å². The highest BCUT2D eigenvalue weighted by Crippen LogP contribution is 2.16. The molecule has 0 aliphatic rings. The van der Waals surface area contributed by atoms with Gasteiger partial charge in [-0.15, -0.1) is 0 Å². The average molecular weight is 227 g/mol. The van der Waals surface area contributed by atoms with Crippen LogP contribution in [0.2, 0.25) is 0 Å². The van der Waals surface area contributed by atoms with E-state index in [9.17, 15) is 9.18 Å². The molecule has 0 saturated heterocycles. The molecule has 0 bridgehead atoms. The smallest absolute Gasteiger partial charge is 0.341 e. The zero-order valence-corrected chi connectivity index (χ0v) is 9.24. The first-order valence-corrected chi connectivity index (χ1v) is 5.02. The van der Waals surface area contributed by atoms with Gasteiger partial charge < -0.3 is 9.84 Å². The Morgan fingerprint density at radius 1 is 1.62 bits per heavy atom. The topological polar surface area (TPSA) is 59.4 Å². The predicted molar refractivity (Wildman–Crippen MR) is 56.1 cm³/mol. The van der Waals surface area contributed by atoms with Gasteiger partial charge in [0.1, 0.15) is 11.4 Å². The minimum Gasteiger partial charge on any atom is -0.477 e. The Kier molecular flexibility index (Phi) is 4.22. The number of carboxylic acids is 1. The van der Waals surface area contributed by atoms with Gasteiger partial charge in [0, 0.05) is 0 Å². The van der Waals surface area contributed by atoms with Crippen molar-refractivity contribution in [1.82, 2.24) is 4.98 Å².